The molecule has 2 N–H and O–H groups in total. The molecule has 0 heterocycles. The molecule has 1 aromatic rings. The van der Waals surface area contributed by atoms with E-state index in [0.29, 0.717) is 12.0 Å². The Morgan fingerprint density at radius 1 is 1.24 bits per heavy atom. The van der Waals surface area contributed by atoms with Crippen LogP contribution in [0.3, 0.4) is 0 Å². The van der Waals surface area contributed by atoms with Gasteiger partial charge in [-0.15, -0.1) is 12.4 Å². The zero-order valence-corrected chi connectivity index (χ0v) is 10.9. The van der Waals surface area contributed by atoms with Gasteiger partial charge in [-0.25, -0.2) is 0 Å². The van der Waals surface area contributed by atoms with Crippen LogP contribution in [0.2, 0.25) is 0 Å². The molecule has 1 aromatic carbocycles. The fourth-order valence-electron chi connectivity index (χ4n) is 1.23. The van der Waals surface area contributed by atoms with Gasteiger partial charge in [0, 0.05) is 6.07 Å². The molecule has 7 nitrogen and oxygen atoms in total. The van der Waals surface area contributed by atoms with Gasteiger partial charge in [0.1, 0.15) is 0 Å². The summed E-state index contributed by atoms with van der Waals surface area (Å²) >= 11 is 3.05. The minimum Gasteiger partial charge on any atom is -0.330 e. The molecule has 0 amide bonds. The molecule has 1 rings (SSSR count). The summed E-state index contributed by atoms with van der Waals surface area (Å²) in [6.07, 6.45) is 0.336. The van der Waals surface area contributed by atoms with E-state index in [4.69, 9.17) is 5.73 Å². The Labute approximate surface area is 111 Å². The summed E-state index contributed by atoms with van der Waals surface area (Å²) in [5, 5.41) is 21.3. The number of rotatable bonds is 4. The molecule has 0 aromatic heterocycles. The van der Waals surface area contributed by atoms with E-state index in [-0.39, 0.29) is 34.8 Å². The number of non-ortho nitro benzene ring substituents is 1. The summed E-state index contributed by atoms with van der Waals surface area (Å²) in [6, 6.07) is 2.20. The lowest BCUT2D eigenvalue weighted by Crippen LogP contribution is -2.05. The summed E-state index contributed by atoms with van der Waals surface area (Å²) in [5.74, 6) is 0. The maximum absolute atomic E-state index is 10.7. The molecule has 0 aliphatic rings. The van der Waals surface area contributed by atoms with Crippen LogP contribution in [0.4, 0.5) is 11.4 Å². The van der Waals surface area contributed by atoms with Gasteiger partial charge in [-0.05, 0) is 34.5 Å². The second-order valence-electron chi connectivity index (χ2n) is 2.99. The summed E-state index contributed by atoms with van der Waals surface area (Å²) in [5.41, 5.74) is 5.15. The zero-order chi connectivity index (χ0) is 12.3. The highest BCUT2D eigenvalue weighted by molar-refractivity contribution is 9.10. The molecule has 9 heteroatoms. The molecule has 0 radical (unpaired) electrons. The topological polar surface area (TPSA) is 112 Å². The molecular weight excluding hydrogens is 317 g/mol. The third-order valence-electron chi connectivity index (χ3n) is 1.93. The van der Waals surface area contributed by atoms with Gasteiger partial charge in [0.25, 0.3) is 11.4 Å². The van der Waals surface area contributed by atoms with Crippen molar-refractivity contribution < 1.29 is 9.85 Å². The van der Waals surface area contributed by atoms with Crippen LogP contribution >= 0.6 is 28.3 Å². The quantitative estimate of drug-likeness (QED) is 0.673. The van der Waals surface area contributed by atoms with E-state index in [1.807, 2.05) is 0 Å². The van der Waals surface area contributed by atoms with Crippen molar-refractivity contribution in [1.82, 2.24) is 0 Å². The van der Waals surface area contributed by atoms with E-state index in [1.165, 1.54) is 6.07 Å². The van der Waals surface area contributed by atoms with Crippen molar-refractivity contribution in [2.75, 3.05) is 6.54 Å². The average Bonchev–Trinajstić information content (AvgIpc) is 2.20. The third-order valence-corrected chi connectivity index (χ3v) is 2.85. The first-order valence-electron chi connectivity index (χ1n) is 4.28. The number of hydrogen-bond donors (Lipinski definition) is 1. The van der Waals surface area contributed by atoms with Crippen LogP contribution in [-0.2, 0) is 6.42 Å². The van der Waals surface area contributed by atoms with Crippen LogP contribution in [0.1, 0.15) is 5.56 Å². The first-order valence-corrected chi connectivity index (χ1v) is 5.08. The highest BCUT2D eigenvalue weighted by Crippen LogP contribution is 2.33. The van der Waals surface area contributed by atoms with Crippen LogP contribution in [0.5, 0.6) is 0 Å². The minimum absolute atomic E-state index is 0. The lowest BCUT2D eigenvalue weighted by Gasteiger charge is -2.03. The molecule has 0 aliphatic carbocycles. The Morgan fingerprint density at radius 3 is 2.24 bits per heavy atom. The fraction of sp³-hybridized carbons (Fsp3) is 0.250. The van der Waals surface area contributed by atoms with Gasteiger partial charge in [0.2, 0.25) is 0 Å². The number of halogens is 2. The Kier molecular flexibility index (Phi) is 6.00. The van der Waals surface area contributed by atoms with Crippen molar-refractivity contribution in [1.29, 1.82) is 0 Å². The lowest BCUT2D eigenvalue weighted by atomic mass is 10.1. The van der Waals surface area contributed by atoms with Crippen LogP contribution in [0.15, 0.2) is 16.6 Å². The van der Waals surface area contributed by atoms with Crippen molar-refractivity contribution in [3.05, 3.63) is 42.4 Å². The normalized spacial score (nSPS) is 9.53. The van der Waals surface area contributed by atoms with E-state index in [9.17, 15) is 20.2 Å². The molecule has 0 unspecified atom stereocenters. The maximum Gasteiger partial charge on any atom is 0.290 e. The summed E-state index contributed by atoms with van der Waals surface area (Å²) in [7, 11) is 0. The van der Waals surface area contributed by atoms with E-state index < -0.39 is 9.85 Å². The molecule has 94 valence electrons. The Morgan fingerprint density at radius 2 is 1.82 bits per heavy atom. The van der Waals surface area contributed by atoms with Crippen molar-refractivity contribution in [3.63, 3.8) is 0 Å². The molecule has 17 heavy (non-hydrogen) atoms. The van der Waals surface area contributed by atoms with Crippen molar-refractivity contribution >= 4 is 39.7 Å². The first-order chi connectivity index (χ1) is 7.47. The number of nitrogens with zero attached hydrogens (tertiary/aromatic N) is 2. The molecule has 0 fully saturated rings. The van der Waals surface area contributed by atoms with Gasteiger partial charge < -0.3 is 5.73 Å². The van der Waals surface area contributed by atoms with Gasteiger partial charge >= 0.3 is 0 Å². The van der Waals surface area contributed by atoms with Gasteiger partial charge in [-0.2, -0.15) is 0 Å². The summed E-state index contributed by atoms with van der Waals surface area (Å²) in [4.78, 5) is 19.9. The highest BCUT2D eigenvalue weighted by atomic mass is 79.9. The first kappa shape index (κ1) is 15.8. The fourth-order valence-corrected chi connectivity index (χ4v) is 1.80. The van der Waals surface area contributed by atoms with Crippen molar-refractivity contribution in [3.8, 4) is 0 Å². The summed E-state index contributed by atoms with van der Waals surface area (Å²) in [6.45, 7) is 0.261. The van der Waals surface area contributed by atoms with Crippen LogP contribution < -0.4 is 5.73 Å². The van der Waals surface area contributed by atoms with Gasteiger partial charge in [-0.3, -0.25) is 20.2 Å². The van der Waals surface area contributed by atoms with Crippen molar-refractivity contribution in [2.45, 2.75) is 6.42 Å². The Balaban J connectivity index is 0.00000256. The van der Waals surface area contributed by atoms with Gasteiger partial charge in [0.15, 0.2) is 0 Å². The number of hydrogen-bond acceptors (Lipinski definition) is 5. The second-order valence-corrected chi connectivity index (χ2v) is 3.78. The van der Waals surface area contributed by atoms with E-state index in [1.54, 1.807) is 0 Å². The monoisotopic (exact) mass is 325 g/mol. The zero-order valence-electron chi connectivity index (χ0n) is 8.46. The highest BCUT2D eigenvalue weighted by Gasteiger charge is 2.21. The molecule has 0 aliphatic heterocycles. The molecular formula is C8H9BrClN3O4. The Hall–Kier alpha value is -1.25. The number of benzene rings is 1. The minimum atomic E-state index is -0.670. The van der Waals surface area contributed by atoms with E-state index >= 15 is 0 Å². The second kappa shape index (κ2) is 6.48. The predicted molar refractivity (Wildman–Crippen MR) is 67.5 cm³/mol. The number of nitro benzene ring substituents is 2. The molecule has 0 bridgehead atoms. The number of nitro groups is 2. The van der Waals surface area contributed by atoms with Crippen LogP contribution in [0, 0.1) is 20.2 Å². The summed E-state index contributed by atoms with van der Waals surface area (Å²) < 4.78 is 0.244. The standard InChI is InChI=1S/C8H8BrN3O4.ClH/c9-8-5(1-2-10)3-6(11(13)14)4-7(8)12(15)16;/h3-4H,1-2,10H2;1H. The van der Waals surface area contributed by atoms with Crippen LogP contribution in [0.25, 0.3) is 0 Å². The van der Waals surface area contributed by atoms with E-state index in [2.05, 4.69) is 15.9 Å². The van der Waals surface area contributed by atoms with Gasteiger partial charge in [-0.1, -0.05) is 0 Å². The largest absolute Gasteiger partial charge is 0.330 e. The predicted octanol–water partition coefficient (Wildman–Crippen LogP) is 2.19. The lowest BCUT2D eigenvalue weighted by molar-refractivity contribution is -0.394. The molecule has 0 saturated carbocycles. The average molecular weight is 327 g/mol. The maximum atomic E-state index is 10.7. The van der Waals surface area contributed by atoms with Gasteiger partial charge in [0.05, 0.1) is 20.4 Å². The SMILES string of the molecule is Cl.NCCc1cc([N+](=O)[O-])cc([N+](=O)[O-])c1Br. The third kappa shape index (κ3) is 3.62. The molecule has 0 saturated heterocycles. The molecule has 0 spiro atoms. The van der Waals surface area contributed by atoms with Crippen LogP contribution in [-0.4, -0.2) is 16.4 Å². The molecule has 0 atom stereocenters. The number of nitrogens with two attached hydrogens (primary N) is 1. The Bertz CT molecular complexity index is 455. The van der Waals surface area contributed by atoms with Crippen molar-refractivity contribution in [2.24, 2.45) is 5.73 Å². The van der Waals surface area contributed by atoms with E-state index in [0.717, 1.165) is 6.07 Å². The smallest absolute Gasteiger partial charge is 0.290 e.